The Kier molecular flexibility index (Phi) is 5.67. The minimum Gasteiger partial charge on any atom is -0.319 e. The van der Waals surface area contributed by atoms with Crippen LogP contribution in [0.5, 0.6) is 0 Å². The monoisotopic (exact) mass is 267 g/mol. The first-order valence-corrected chi connectivity index (χ1v) is 8.34. The van der Waals surface area contributed by atoms with E-state index in [0.717, 1.165) is 12.6 Å². The molecule has 0 radical (unpaired) electrons. The van der Waals surface area contributed by atoms with Crippen molar-refractivity contribution in [1.29, 1.82) is 0 Å². The van der Waals surface area contributed by atoms with Crippen LogP contribution < -0.4 is 5.32 Å². The highest BCUT2D eigenvalue weighted by Crippen LogP contribution is 2.29. The molecule has 0 spiro atoms. The maximum atomic E-state index is 3.42. The molecule has 2 aliphatic heterocycles. The Bertz CT molecular complexity index is 263. The molecule has 0 aliphatic carbocycles. The van der Waals surface area contributed by atoms with E-state index in [1.165, 1.54) is 64.8 Å². The smallest absolute Gasteiger partial charge is 0.0223 e. The number of piperazine rings is 1. The summed E-state index contributed by atoms with van der Waals surface area (Å²) in [7, 11) is 2.10. The van der Waals surface area contributed by atoms with Crippen LogP contribution in [-0.2, 0) is 0 Å². The summed E-state index contributed by atoms with van der Waals surface area (Å²) in [6.07, 6.45) is 6.86. The van der Waals surface area contributed by atoms with Gasteiger partial charge in [-0.25, -0.2) is 0 Å². The zero-order chi connectivity index (χ0) is 13.7. The molecule has 1 unspecified atom stereocenters. The van der Waals surface area contributed by atoms with Gasteiger partial charge in [-0.1, -0.05) is 20.3 Å². The Morgan fingerprint density at radius 1 is 1.11 bits per heavy atom. The number of rotatable bonds is 6. The Labute approximate surface area is 119 Å². The molecule has 0 amide bonds. The summed E-state index contributed by atoms with van der Waals surface area (Å²) >= 11 is 0. The van der Waals surface area contributed by atoms with Gasteiger partial charge in [0, 0.05) is 38.8 Å². The molecule has 0 aromatic rings. The van der Waals surface area contributed by atoms with Crippen molar-refractivity contribution < 1.29 is 0 Å². The highest BCUT2D eigenvalue weighted by Gasteiger charge is 2.33. The van der Waals surface area contributed by atoms with E-state index < -0.39 is 0 Å². The van der Waals surface area contributed by atoms with Crippen molar-refractivity contribution in [1.82, 2.24) is 15.1 Å². The van der Waals surface area contributed by atoms with Gasteiger partial charge in [0.05, 0.1) is 0 Å². The molecule has 0 aromatic carbocycles. The standard InChI is InChI=1S/C16H33N3/c1-4-16(5-2,13-17-3)14-18-10-11-19-9-7-6-8-15(19)12-18/h15,17H,4-14H2,1-3H3. The first-order chi connectivity index (χ1) is 9.23. The largest absolute Gasteiger partial charge is 0.319 e. The zero-order valence-electron chi connectivity index (χ0n) is 13.2. The number of hydrogen-bond acceptors (Lipinski definition) is 3. The van der Waals surface area contributed by atoms with E-state index in [4.69, 9.17) is 0 Å². The molecule has 0 aromatic heterocycles. The van der Waals surface area contributed by atoms with Gasteiger partial charge < -0.3 is 5.32 Å². The van der Waals surface area contributed by atoms with Crippen molar-refractivity contribution in [2.45, 2.75) is 52.0 Å². The summed E-state index contributed by atoms with van der Waals surface area (Å²) in [5.74, 6) is 0. The third-order valence-corrected chi connectivity index (χ3v) is 5.53. The molecular weight excluding hydrogens is 234 g/mol. The van der Waals surface area contributed by atoms with Gasteiger partial charge in [-0.3, -0.25) is 9.80 Å². The summed E-state index contributed by atoms with van der Waals surface area (Å²) in [4.78, 5) is 5.48. The second-order valence-corrected chi connectivity index (χ2v) is 6.66. The molecule has 2 heterocycles. The lowest BCUT2D eigenvalue weighted by Crippen LogP contribution is -2.57. The molecule has 1 atom stereocenters. The van der Waals surface area contributed by atoms with Crippen LogP contribution in [0.4, 0.5) is 0 Å². The Morgan fingerprint density at radius 3 is 2.58 bits per heavy atom. The number of piperidine rings is 1. The minimum absolute atomic E-state index is 0.478. The van der Waals surface area contributed by atoms with Gasteiger partial charge in [0.15, 0.2) is 0 Å². The van der Waals surface area contributed by atoms with Crippen LogP contribution in [0.2, 0.25) is 0 Å². The minimum atomic E-state index is 0.478. The van der Waals surface area contributed by atoms with Crippen molar-refractivity contribution >= 4 is 0 Å². The van der Waals surface area contributed by atoms with Crippen molar-refractivity contribution in [2.24, 2.45) is 5.41 Å². The highest BCUT2D eigenvalue weighted by atomic mass is 15.3. The van der Waals surface area contributed by atoms with Gasteiger partial charge in [-0.05, 0) is 44.7 Å². The maximum absolute atomic E-state index is 3.42. The van der Waals surface area contributed by atoms with Crippen molar-refractivity contribution in [3.8, 4) is 0 Å². The average molecular weight is 267 g/mol. The summed E-state index contributed by atoms with van der Waals surface area (Å²) in [6.45, 7) is 12.4. The lowest BCUT2D eigenvalue weighted by atomic mass is 9.81. The molecule has 2 rings (SSSR count). The topological polar surface area (TPSA) is 18.5 Å². The number of hydrogen-bond donors (Lipinski definition) is 1. The molecule has 19 heavy (non-hydrogen) atoms. The Morgan fingerprint density at radius 2 is 1.89 bits per heavy atom. The van der Waals surface area contributed by atoms with Crippen molar-refractivity contribution in [3.63, 3.8) is 0 Å². The number of nitrogens with zero attached hydrogens (tertiary/aromatic N) is 2. The van der Waals surface area contributed by atoms with Crippen LogP contribution in [0.1, 0.15) is 46.0 Å². The van der Waals surface area contributed by atoms with Gasteiger partial charge in [-0.2, -0.15) is 0 Å². The summed E-state index contributed by atoms with van der Waals surface area (Å²) < 4.78 is 0. The van der Waals surface area contributed by atoms with E-state index in [-0.39, 0.29) is 0 Å². The predicted octanol–water partition coefficient (Wildman–Crippen LogP) is 2.18. The van der Waals surface area contributed by atoms with Crippen LogP contribution in [0, 0.1) is 5.41 Å². The van der Waals surface area contributed by atoms with E-state index >= 15 is 0 Å². The van der Waals surface area contributed by atoms with Crippen LogP contribution in [-0.4, -0.2) is 62.2 Å². The highest BCUT2D eigenvalue weighted by molar-refractivity contribution is 4.89. The molecular formula is C16H33N3. The summed E-state index contributed by atoms with van der Waals surface area (Å²) in [5.41, 5.74) is 0.478. The number of nitrogens with one attached hydrogen (secondary N) is 1. The lowest BCUT2D eigenvalue weighted by molar-refractivity contribution is 0.0236. The normalized spacial score (nSPS) is 26.4. The fraction of sp³-hybridized carbons (Fsp3) is 1.00. The van der Waals surface area contributed by atoms with Gasteiger partial charge >= 0.3 is 0 Å². The zero-order valence-corrected chi connectivity index (χ0v) is 13.2. The fourth-order valence-electron chi connectivity index (χ4n) is 3.99. The van der Waals surface area contributed by atoms with Crippen LogP contribution in [0.25, 0.3) is 0 Å². The molecule has 2 fully saturated rings. The summed E-state index contributed by atoms with van der Waals surface area (Å²) in [6, 6.07) is 0.850. The molecule has 3 nitrogen and oxygen atoms in total. The molecule has 2 aliphatic rings. The van der Waals surface area contributed by atoms with Gasteiger partial charge in [0.25, 0.3) is 0 Å². The molecule has 3 heteroatoms. The van der Waals surface area contributed by atoms with Gasteiger partial charge in [0.2, 0.25) is 0 Å². The van der Waals surface area contributed by atoms with Crippen molar-refractivity contribution in [2.75, 3.05) is 46.3 Å². The first-order valence-electron chi connectivity index (χ1n) is 8.34. The second kappa shape index (κ2) is 7.05. The molecule has 2 saturated heterocycles. The predicted molar refractivity (Wildman–Crippen MR) is 82.6 cm³/mol. The van der Waals surface area contributed by atoms with Crippen LogP contribution in [0.15, 0.2) is 0 Å². The van der Waals surface area contributed by atoms with Crippen LogP contribution in [0.3, 0.4) is 0 Å². The Hall–Kier alpha value is -0.120. The third kappa shape index (κ3) is 3.71. The van der Waals surface area contributed by atoms with E-state index in [2.05, 4.69) is 36.0 Å². The molecule has 1 N–H and O–H groups in total. The van der Waals surface area contributed by atoms with Crippen LogP contribution >= 0.6 is 0 Å². The Balaban J connectivity index is 1.91. The lowest BCUT2D eigenvalue weighted by Gasteiger charge is -2.47. The SMILES string of the molecule is CCC(CC)(CNC)CN1CCN2CCCCC2C1. The molecule has 0 bridgehead atoms. The summed E-state index contributed by atoms with van der Waals surface area (Å²) in [5, 5.41) is 3.42. The van der Waals surface area contributed by atoms with E-state index in [1.54, 1.807) is 0 Å². The third-order valence-electron chi connectivity index (χ3n) is 5.53. The quantitative estimate of drug-likeness (QED) is 0.796. The first kappa shape index (κ1) is 15.3. The van der Waals surface area contributed by atoms with E-state index in [9.17, 15) is 0 Å². The second-order valence-electron chi connectivity index (χ2n) is 6.66. The maximum Gasteiger partial charge on any atom is 0.0223 e. The number of fused-ring (bicyclic) bond motifs is 1. The van der Waals surface area contributed by atoms with Crippen molar-refractivity contribution in [3.05, 3.63) is 0 Å². The van der Waals surface area contributed by atoms with E-state index in [1.807, 2.05) is 0 Å². The van der Waals surface area contributed by atoms with Gasteiger partial charge in [0.1, 0.15) is 0 Å². The fourth-order valence-corrected chi connectivity index (χ4v) is 3.99. The molecule has 0 saturated carbocycles. The average Bonchev–Trinajstić information content (AvgIpc) is 2.46. The molecule has 112 valence electrons. The van der Waals surface area contributed by atoms with Gasteiger partial charge in [-0.15, -0.1) is 0 Å². The van der Waals surface area contributed by atoms with E-state index in [0.29, 0.717) is 5.41 Å².